The number of hydrogen-bond acceptors (Lipinski definition) is 4. The first kappa shape index (κ1) is 23.0. The first-order valence-corrected chi connectivity index (χ1v) is 11.7. The fraction of sp³-hybridized carbons (Fsp3) is 0.385. The third-order valence-corrected chi connectivity index (χ3v) is 5.96. The van der Waals surface area contributed by atoms with Crippen molar-refractivity contribution in [1.29, 1.82) is 0 Å². The van der Waals surface area contributed by atoms with Crippen molar-refractivity contribution >= 4 is 17.2 Å². The van der Waals surface area contributed by atoms with E-state index in [-0.39, 0.29) is 5.91 Å². The van der Waals surface area contributed by atoms with Crippen LogP contribution in [0.15, 0.2) is 53.9 Å². The minimum absolute atomic E-state index is 0.0588. The largest absolute Gasteiger partial charge is 0.486 e. The van der Waals surface area contributed by atoms with E-state index in [0.29, 0.717) is 31.5 Å². The molecular formula is C26H32N2O2S. The summed E-state index contributed by atoms with van der Waals surface area (Å²) in [5.41, 5.74) is 3.86. The summed E-state index contributed by atoms with van der Waals surface area (Å²) in [5.74, 6) is 1.75. The van der Waals surface area contributed by atoms with Gasteiger partial charge in [0.1, 0.15) is 17.4 Å². The van der Waals surface area contributed by atoms with E-state index >= 15 is 0 Å². The Kier molecular flexibility index (Phi) is 7.85. The van der Waals surface area contributed by atoms with Crippen molar-refractivity contribution in [3.63, 3.8) is 0 Å². The maximum atomic E-state index is 13.2. The number of benzene rings is 2. The molecule has 0 aliphatic heterocycles. The second kappa shape index (κ2) is 10.6. The van der Waals surface area contributed by atoms with E-state index in [4.69, 9.17) is 9.72 Å². The van der Waals surface area contributed by atoms with Crippen LogP contribution < -0.4 is 4.74 Å². The molecule has 3 rings (SSSR count). The zero-order chi connectivity index (χ0) is 22.4. The fourth-order valence-corrected chi connectivity index (χ4v) is 4.25. The number of aromatic nitrogens is 1. The quantitative estimate of drug-likeness (QED) is 0.387. The van der Waals surface area contributed by atoms with Crippen LogP contribution in [0.1, 0.15) is 65.8 Å². The lowest BCUT2D eigenvalue weighted by molar-refractivity contribution is 0.0720. The summed E-state index contributed by atoms with van der Waals surface area (Å²) in [5, 5.41) is 2.95. The summed E-state index contributed by atoms with van der Waals surface area (Å²) < 4.78 is 6.07. The van der Waals surface area contributed by atoms with Crippen LogP contribution in [0.3, 0.4) is 0 Å². The van der Waals surface area contributed by atoms with Crippen LogP contribution in [0.2, 0.25) is 0 Å². The van der Waals surface area contributed by atoms with Gasteiger partial charge in [0.05, 0.1) is 12.2 Å². The van der Waals surface area contributed by atoms with Gasteiger partial charge in [0.2, 0.25) is 0 Å². The highest BCUT2D eigenvalue weighted by molar-refractivity contribution is 7.09. The average Bonchev–Trinajstić information content (AvgIpc) is 3.19. The standard InChI is InChI=1S/C26H32N2O2S/c1-18(2)14-28(26(29)23-12-7-6-10-20(23)5)15-21-17-31-25(27-21)16-30-24-13-9-8-11-22(24)19(3)4/h6-13,17-19H,14-16H2,1-5H3. The van der Waals surface area contributed by atoms with Gasteiger partial charge in [-0.1, -0.05) is 64.1 Å². The van der Waals surface area contributed by atoms with Crippen molar-refractivity contribution in [2.24, 2.45) is 5.92 Å². The summed E-state index contributed by atoms with van der Waals surface area (Å²) in [6.07, 6.45) is 0. The van der Waals surface area contributed by atoms with E-state index in [1.54, 1.807) is 11.3 Å². The summed E-state index contributed by atoms with van der Waals surface area (Å²) in [6.45, 7) is 12.2. The molecule has 4 nitrogen and oxygen atoms in total. The Morgan fingerprint density at radius 2 is 1.77 bits per heavy atom. The molecule has 0 atom stereocenters. The maximum absolute atomic E-state index is 13.2. The molecule has 0 bridgehead atoms. The second-order valence-corrected chi connectivity index (χ2v) is 9.55. The molecule has 0 spiro atoms. The third kappa shape index (κ3) is 6.17. The minimum Gasteiger partial charge on any atom is -0.486 e. The average molecular weight is 437 g/mol. The fourth-order valence-electron chi connectivity index (χ4n) is 3.56. The molecule has 0 N–H and O–H groups in total. The Labute approximate surface area is 189 Å². The minimum atomic E-state index is 0.0588. The van der Waals surface area contributed by atoms with Crippen molar-refractivity contribution in [3.8, 4) is 5.75 Å². The number of aryl methyl sites for hydroxylation is 1. The highest BCUT2D eigenvalue weighted by atomic mass is 32.1. The smallest absolute Gasteiger partial charge is 0.254 e. The van der Waals surface area contributed by atoms with Crippen molar-refractivity contribution < 1.29 is 9.53 Å². The number of thiazole rings is 1. The highest BCUT2D eigenvalue weighted by Crippen LogP contribution is 2.27. The lowest BCUT2D eigenvalue weighted by Gasteiger charge is -2.24. The molecular weight excluding hydrogens is 404 g/mol. The Hall–Kier alpha value is -2.66. The van der Waals surface area contributed by atoms with Crippen molar-refractivity contribution in [2.45, 2.75) is 53.7 Å². The number of carbonyl (C=O) groups excluding carboxylic acids is 1. The molecule has 0 saturated carbocycles. The van der Waals surface area contributed by atoms with E-state index in [0.717, 1.165) is 27.6 Å². The Balaban J connectivity index is 1.70. The Bertz CT molecular complexity index is 1010. The molecule has 0 fully saturated rings. The lowest BCUT2D eigenvalue weighted by Crippen LogP contribution is -2.34. The lowest BCUT2D eigenvalue weighted by atomic mass is 10.0. The first-order valence-electron chi connectivity index (χ1n) is 10.8. The monoisotopic (exact) mass is 436 g/mol. The molecule has 0 unspecified atom stereocenters. The van der Waals surface area contributed by atoms with Crippen LogP contribution in [-0.4, -0.2) is 22.3 Å². The number of amides is 1. The molecule has 0 aliphatic rings. The zero-order valence-electron chi connectivity index (χ0n) is 19.1. The van der Waals surface area contributed by atoms with Crippen LogP contribution in [0.4, 0.5) is 0 Å². The molecule has 2 aromatic carbocycles. The van der Waals surface area contributed by atoms with Crippen molar-refractivity contribution in [2.75, 3.05) is 6.54 Å². The highest BCUT2D eigenvalue weighted by Gasteiger charge is 2.20. The topological polar surface area (TPSA) is 42.4 Å². The molecule has 31 heavy (non-hydrogen) atoms. The van der Waals surface area contributed by atoms with E-state index in [1.165, 1.54) is 5.56 Å². The normalized spacial score (nSPS) is 11.2. The molecule has 1 amide bonds. The van der Waals surface area contributed by atoms with Gasteiger partial charge in [-0.25, -0.2) is 4.98 Å². The van der Waals surface area contributed by atoms with Gasteiger partial charge < -0.3 is 9.64 Å². The summed E-state index contributed by atoms with van der Waals surface area (Å²) >= 11 is 1.58. The molecule has 164 valence electrons. The number of nitrogens with zero attached hydrogens (tertiary/aromatic N) is 2. The van der Waals surface area contributed by atoms with Crippen LogP contribution >= 0.6 is 11.3 Å². The molecule has 5 heteroatoms. The van der Waals surface area contributed by atoms with Gasteiger partial charge in [-0.05, 0) is 42.0 Å². The van der Waals surface area contributed by atoms with Crippen LogP contribution in [0.25, 0.3) is 0 Å². The summed E-state index contributed by atoms with van der Waals surface area (Å²) in [4.78, 5) is 19.8. The van der Waals surface area contributed by atoms with E-state index in [1.807, 2.05) is 59.7 Å². The van der Waals surface area contributed by atoms with Gasteiger partial charge in [-0.2, -0.15) is 0 Å². The molecule has 0 saturated heterocycles. The first-order chi connectivity index (χ1) is 14.8. The second-order valence-electron chi connectivity index (χ2n) is 8.61. The van der Waals surface area contributed by atoms with Crippen LogP contribution in [0.5, 0.6) is 5.75 Å². The van der Waals surface area contributed by atoms with Gasteiger partial charge in [-0.3, -0.25) is 4.79 Å². The Morgan fingerprint density at radius 3 is 2.48 bits per heavy atom. The van der Waals surface area contributed by atoms with Crippen LogP contribution in [-0.2, 0) is 13.2 Å². The predicted octanol–water partition coefficient (Wildman–Crippen LogP) is 6.45. The van der Waals surface area contributed by atoms with Crippen LogP contribution in [0, 0.1) is 12.8 Å². The summed E-state index contributed by atoms with van der Waals surface area (Å²) in [7, 11) is 0. The number of rotatable bonds is 9. The third-order valence-electron chi connectivity index (χ3n) is 5.09. The number of para-hydroxylation sites is 1. The molecule has 1 heterocycles. The van der Waals surface area contributed by atoms with Crippen molar-refractivity contribution in [3.05, 3.63) is 81.3 Å². The van der Waals surface area contributed by atoms with E-state index in [2.05, 4.69) is 33.8 Å². The SMILES string of the molecule is Cc1ccccc1C(=O)N(Cc1csc(COc2ccccc2C(C)C)n1)CC(C)C. The number of hydrogen-bond donors (Lipinski definition) is 0. The Morgan fingerprint density at radius 1 is 1.06 bits per heavy atom. The molecule has 3 aromatic rings. The molecule has 1 aromatic heterocycles. The van der Waals surface area contributed by atoms with E-state index in [9.17, 15) is 4.79 Å². The zero-order valence-corrected chi connectivity index (χ0v) is 19.9. The van der Waals surface area contributed by atoms with Crippen molar-refractivity contribution in [1.82, 2.24) is 9.88 Å². The molecule has 0 aliphatic carbocycles. The maximum Gasteiger partial charge on any atom is 0.254 e. The predicted molar refractivity (Wildman–Crippen MR) is 128 cm³/mol. The van der Waals surface area contributed by atoms with Gasteiger partial charge in [0.25, 0.3) is 5.91 Å². The van der Waals surface area contributed by atoms with Gasteiger partial charge in [0, 0.05) is 17.5 Å². The van der Waals surface area contributed by atoms with E-state index < -0.39 is 0 Å². The number of ether oxygens (including phenoxy) is 1. The summed E-state index contributed by atoms with van der Waals surface area (Å²) in [6, 6.07) is 15.9. The van der Waals surface area contributed by atoms with Gasteiger partial charge in [0.15, 0.2) is 0 Å². The van der Waals surface area contributed by atoms with Gasteiger partial charge >= 0.3 is 0 Å². The molecule has 0 radical (unpaired) electrons. The number of carbonyl (C=O) groups is 1. The van der Waals surface area contributed by atoms with Gasteiger partial charge in [-0.15, -0.1) is 11.3 Å².